The van der Waals surface area contributed by atoms with Crippen LogP contribution in [0.1, 0.15) is 32.3 Å². The van der Waals surface area contributed by atoms with Gasteiger partial charge in [0.25, 0.3) is 0 Å². The first-order valence-corrected chi connectivity index (χ1v) is 7.86. The quantitative estimate of drug-likeness (QED) is 0.893. The van der Waals surface area contributed by atoms with Gasteiger partial charge >= 0.3 is 0 Å². The lowest BCUT2D eigenvalue weighted by Crippen LogP contribution is -2.28. The van der Waals surface area contributed by atoms with E-state index in [-0.39, 0.29) is 0 Å². The molecule has 0 unspecified atom stereocenters. The summed E-state index contributed by atoms with van der Waals surface area (Å²) in [5.41, 5.74) is 2.56. The third kappa shape index (κ3) is 4.41. The molecule has 1 fully saturated rings. The van der Waals surface area contributed by atoms with Gasteiger partial charge in [0.05, 0.1) is 12.3 Å². The lowest BCUT2D eigenvalue weighted by atomic mass is 10.1. The lowest BCUT2D eigenvalue weighted by Gasteiger charge is -2.25. The Morgan fingerprint density at radius 2 is 2.10 bits per heavy atom. The summed E-state index contributed by atoms with van der Waals surface area (Å²) in [6, 6.07) is 6.53. The Bertz CT molecular complexity index is 409. The molecule has 1 aromatic carbocycles. The van der Waals surface area contributed by atoms with Crippen molar-refractivity contribution in [3.05, 3.63) is 23.8 Å². The van der Waals surface area contributed by atoms with Crippen molar-refractivity contribution < 1.29 is 4.74 Å². The van der Waals surface area contributed by atoms with E-state index in [1.165, 1.54) is 17.7 Å². The van der Waals surface area contributed by atoms with Gasteiger partial charge in [-0.2, -0.15) is 0 Å². The van der Waals surface area contributed by atoms with Crippen LogP contribution in [0.5, 0.6) is 5.75 Å². The fourth-order valence-corrected chi connectivity index (χ4v) is 2.49. The minimum atomic E-state index is 0.686. The SMILES string of the molecule is Cc1ccc(OCCC(C)C)c(N2CCCNCC2)c1. The van der Waals surface area contributed by atoms with Gasteiger partial charge in [-0.15, -0.1) is 0 Å². The number of hydrogen-bond donors (Lipinski definition) is 1. The molecule has 1 aliphatic rings. The molecular formula is C17H28N2O. The second-order valence-corrected chi connectivity index (χ2v) is 6.09. The molecule has 112 valence electrons. The zero-order valence-electron chi connectivity index (χ0n) is 13.1. The molecular weight excluding hydrogens is 248 g/mol. The second kappa shape index (κ2) is 7.53. The number of anilines is 1. The van der Waals surface area contributed by atoms with E-state index < -0.39 is 0 Å². The van der Waals surface area contributed by atoms with Gasteiger partial charge in [0, 0.05) is 19.6 Å². The summed E-state index contributed by atoms with van der Waals surface area (Å²) in [5.74, 6) is 1.73. The van der Waals surface area contributed by atoms with E-state index in [1.54, 1.807) is 0 Å². The molecule has 20 heavy (non-hydrogen) atoms. The molecule has 0 aromatic heterocycles. The van der Waals surface area contributed by atoms with Crippen LogP contribution in [0, 0.1) is 12.8 Å². The fourth-order valence-electron chi connectivity index (χ4n) is 2.49. The van der Waals surface area contributed by atoms with Crippen LogP contribution in [-0.4, -0.2) is 32.8 Å². The van der Waals surface area contributed by atoms with Crippen LogP contribution in [-0.2, 0) is 0 Å². The van der Waals surface area contributed by atoms with E-state index in [0.717, 1.165) is 45.0 Å². The third-order valence-corrected chi connectivity index (χ3v) is 3.75. The van der Waals surface area contributed by atoms with E-state index >= 15 is 0 Å². The minimum Gasteiger partial charge on any atom is -0.491 e. The Balaban J connectivity index is 2.09. The molecule has 3 nitrogen and oxygen atoms in total. The van der Waals surface area contributed by atoms with Crippen molar-refractivity contribution in [2.75, 3.05) is 37.7 Å². The Morgan fingerprint density at radius 1 is 1.25 bits per heavy atom. The summed E-state index contributed by atoms with van der Waals surface area (Å²) < 4.78 is 6.03. The number of nitrogens with one attached hydrogen (secondary N) is 1. The van der Waals surface area contributed by atoms with Gasteiger partial charge in [-0.25, -0.2) is 0 Å². The Kier molecular flexibility index (Phi) is 5.72. The average molecular weight is 276 g/mol. The monoisotopic (exact) mass is 276 g/mol. The van der Waals surface area contributed by atoms with Crippen molar-refractivity contribution in [1.29, 1.82) is 0 Å². The molecule has 1 heterocycles. The van der Waals surface area contributed by atoms with Gasteiger partial charge in [-0.05, 0) is 49.9 Å². The number of aryl methyl sites for hydroxylation is 1. The van der Waals surface area contributed by atoms with Gasteiger partial charge in [0.15, 0.2) is 0 Å². The number of benzene rings is 1. The van der Waals surface area contributed by atoms with Gasteiger partial charge in [0.2, 0.25) is 0 Å². The molecule has 0 radical (unpaired) electrons. The highest BCUT2D eigenvalue weighted by Gasteiger charge is 2.14. The first-order chi connectivity index (χ1) is 9.66. The van der Waals surface area contributed by atoms with Crippen molar-refractivity contribution in [1.82, 2.24) is 5.32 Å². The lowest BCUT2D eigenvalue weighted by molar-refractivity contribution is 0.290. The summed E-state index contributed by atoms with van der Waals surface area (Å²) in [6.07, 6.45) is 2.30. The minimum absolute atomic E-state index is 0.686. The van der Waals surface area contributed by atoms with Gasteiger partial charge in [-0.3, -0.25) is 0 Å². The van der Waals surface area contributed by atoms with Gasteiger partial charge < -0.3 is 15.0 Å². The van der Waals surface area contributed by atoms with Crippen molar-refractivity contribution in [3.8, 4) is 5.75 Å². The molecule has 1 saturated heterocycles. The van der Waals surface area contributed by atoms with Crippen LogP contribution in [0.15, 0.2) is 18.2 Å². The van der Waals surface area contributed by atoms with Crippen LogP contribution in [0.25, 0.3) is 0 Å². The van der Waals surface area contributed by atoms with E-state index in [1.807, 2.05) is 0 Å². The smallest absolute Gasteiger partial charge is 0.142 e. The molecule has 0 aliphatic carbocycles. The number of nitrogens with zero attached hydrogens (tertiary/aromatic N) is 1. The van der Waals surface area contributed by atoms with Gasteiger partial charge in [0.1, 0.15) is 5.75 Å². The molecule has 0 atom stereocenters. The molecule has 0 saturated carbocycles. The van der Waals surface area contributed by atoms with Crippen LogP contribution in [0.4, 0.5) is 5.69 Å². The Labute approximate surface area is 123 Å². The topological polar surface area (TPSA) is 24.5 Å². The maximum Gasteiger partial charge on any atom is 0.142 e. The van der Waals surface area contributed by atoms with E-state index in [9.17, 15) is 0 Å². The molecule has 0 amide bonds. The molecule has 1 N–H and O–H groups in total. The average Bonchev–Trinajstić information content (AvgIpc) is 2.69. The first-order valence-electron chi connectivity index (χ1n) is 7.86. The highest BCUT2D eigenvalue weighted by Crippen LogP contribution is 2.30. The summed E-state index contributed by atoms with van der Waals surface area (Å²) in [5, 5.41) is 3.46. The number of ether oxygens (including phenoxy) is 1. The number of rotatable bonds is 5. The van der Waals surface area contributed by atoms with Crippen LogP contribution in [0.3, 0.4) is 0 Å². The van der Waals surface area contributed by atoms with E-state index in [2.05, 4.69) is 49.2 Å². The normalized spacial score (nSPS) is 16.3. The summed E-state index contributed by atoms with van der Waals surface area (Å²) in [6.45, 7) is 11.8. The standard InChI is InChI=1S/C17H28N2O/c1-14(2)7-12-20-17-6-5-15(3)13-16(17)19-10-4-8-18-9-11-19/h5-6,13-14,18H,4,7-12H2,1-3H3. The highest BCUT2D eigenvalue weighted by atomic mass is 16.5. The van der Waals surface area contributed by atoms with E-state index in [4.69, 9.17) is 4.74 Å². The molecule has 0 spiro atoms. The maximum atomic E-state index is 6.03. The Hall–Kier alpha value is -1.22. The molecule has 0 bridgehead atoms. The predicted octanol–water partition coefficient (Wildman–Crippen LogP) is 3.22. The van der Waals surface area contributed by atoms with Crippen LogP contribution < -0.4 is 15.0 Å². The summed E-state index contributed by atoms with van der Waals surface area (Å²) in [4.78, 5) is 2.46. The molecule has 3 heteroatoms. The summed E-state index contributed by atoms with van der Waals surface area (Å²) in [7, 11) is 0. The van der Waals surface area contributed by atoms with Crippen molar-refractivity contribution in [2.45, 2.75) is 33.6 Å². The number of hydrogen-bond acceptors (Lipinski definition) is 3. The maximum absolute atomic E-state index is 6.03. The van der Waals surface area contributed by atoms with Crippen LogP contribution in [0.2, 0.25) is 0 Å². The van der Waals surface area contributed by atoms with Crippen molar-refractivity contribution in [2.24, 2.45) is 5.92 Å². The molecule has 1 aliphatic heterocycles. The van der Waals surface area contributed by atoms with Crippen LogP contribution >= 0.6 is 0 Å². The zero-order chi connectivity index (χ0) is 14.4. The highest BCUT2D eigenvalue weighted by molar-refractivity contribution is 5.60. The molecule has 2 rings (SSSR count). The van der Waals surface area contributed by atoms with Crippen molar-refractivity contribution in [3.63, 3.8) is 0 Å². The predicted molar refractivity (Wildman–Crippen MR) is 85.8 cm³/mol. The zero-order valence-corrected chi connectivity index (χ0v) is 13.1. The van der Waals surface area contributed by atoms with E-state index in [0.29, 0.717) is 5.92 Å². The fraction of sp³-hybridized carbons (Fsp3) is 0.647. The largest absolute Gasteiger partial charge is 0.491 e. The summed E-state index contributed by atoms with van der Waals surface area (Å²) >= 11 is 0. The first kappa shape index (κ1) is 15.2. The second-order valence-electron chi connectivity index (χ2n) is 6.09. The van der Waals surface area contributed by atoms with Gasteiger partial charge in [-0.1, -0.05) is 19.9 Å². The molecule has 1 aromatic rings. The Morgan fingerprint density at radius 3 is 2.90 bits per heavy atom. The van der Waals surface area contributed by atoms with Crippen molar-refractivity contribution >= 4 is 5.69 Å². The third-order valence-electron chi connectivity index (χ3n) is 3.75.